The molecule has 14 heteroatoms. The Labute approximate surface area is 449 Å². The molecule has 1 heterocycles. The SMILES string of the molecule is CCCCCCCCCCCC(C)C1CCC2[C@@H]3CC=C4C[C@@H](NCCCNC(=O)CCNC(=O)CCNC(=O)c5ccc(C6c7cc(F)c(O)cc7OC7=CC(=O)C(F)=CC76)c(C(=O)O)c5)CCC4(C)C3CCC12C. The maximum Gasteiger partial charge on any atom is 0.336 e. The fourth-order valence-corrected chi connectivity index (χ4v) is 15.0. The number of carboxylic acid groups (broad SMARTS) is 1. The number of hydrogen-bond donors (Lipinski definition) is 6. The summed E-state index contributed by atoms with van der Waals surface area (Å²) in [5.74, 6) is -4.37. The first-order valence-electron chi connectivity index (χ1n) is 29.0. The summed E-state index contributed by atoms with van der Waals surface area (Å²) in [7, 11) is 0. The number of ketones is 1. The van der Waals surface area contributed by atoms with E-state index in [1.165, 1.54) is 121 Å². The zero-order chi connectivity index (χ0) is 54.1. The van der Waals surface area contributed by atoms with Crippen LogP contribution >= 0.6 is 0 Å². The van der Waals surface area contributed by atoms with Crippen molar-refractivity contribution in [3.8, 4) is 11.5 Å². The maximum atomic E-state index is 14.7. The number of hydrogen-bond acceptors (Lipinski definition) is 8. The van der Waals surface area contributed by atoms with Gasteiger partial charge in [-0.1, -0.05) is 110 Å². The molecule has 12 nitrogen and oxygen atoms in total. The molecule has 3 fully saturated rings. The van der Waals surface area contributed by atoms with Gasteiger partial charge in [-0.2, -0.15) is 0 Å². The lowest BCUT2D eigenvalue weighted by Crippen LogP contribution is -2.51. The second kappa shape index (κ2) is 25.4. The van der Waals surface area contributed by atoms with Crippen LogP contribution < -0.4 is 26.0 Å². The normalized spacial score (nSPS) is 27.7. The molecule has 6 aliphatic rings. The van der Waals surface area contributed by atoms with Crippen molar-refractivity contribution in [1.82, 2.24) is 21.3 Å². The first-order chi connectivity index (χ1) is 36.5. The number of rotatable bonds is 25. The number of allylic oxidation sites excluding steroid dienone is 4. The number of unbranched alkanes of at least 4 members (excludes halogenated alkanes) is 8. The molecule has 3 amide bonds. The average Bonchev–Trinajstić information content (AvgIpc) is 3.89. The number of benzene rings is 2. The van der Waals surface area contributed by atoms with Crippen LogP contribution in [0.4, 0.5) is 8.78 Å². The summed E-state index contributed by atoms with van der Waals surface area (Å²) in [4.78, 5) is 63.1. The topological polar surface area (TPSA) is 183 Å². The van der Waals surface area contributed by atoms with Crippen LogP contribution in [0, 0.1) is 52.2 Å². The van der Waals surface area contributed by atoms with Gasteiger partial charge in [-0.05, 0) is 135 Å². The van der Waals surface area contributed by atoms with Crippen LogP contribution in [0.2, 0.25) is 0 Å². The lowest BCUT2D eigenvalue weighted by molar-refractivity contribution is -0.122. The number of ether oxygens (including phenoxy) is 1. The summed E-state index contributed by atoms with van der Waals surface area (Å²) in [6, 6.07) is 6.26. The predicted molar refractivity (Wildman–Crippen MR) is 290 cm³/mol. The molecule has 8 unspecified atom stereocenters. The number of phenolic OH excluding ortho intramolecular Hbond substituents is 1. The van der Waals surface area contributed by atoms with E-state index in [9.17, 15) is 43.0 Å². The van der Waals surface area contributed by atoms with E-state index in [0.717, 1.165) is 79.3 Å². The molecule has 0 radical (unpaired) electrons. The van der Waals surface area contributed by atoms with Crippen LogP contribution in [0.3, 0.4) is 0 Å². The molecule has 76 heavy (non-hydrogen) atoms. The fraction of sp³-hybridized carbons (Fsp3) is 0.629. The minimum Gasteiger partial charge on any atom is -0.505 e. The molecule has 3 saturated carbocycles. The molecule has 1 aliphatic heterocycles. The van der Waals surface area contributed by atoms with E-state index in [2.05, 4.69) is 55.0 Å². The Hall–Kier alpha value is -5.37. The first kappa shape index (κ1) is 56.8. The molecule has 10 atom stereocenters. The van der Waals surface area contributed by atoms with Crippen molar-refractivity contribution in [3.05, 3.63) is 93.8 Å². The number of aromatic hydroxyl groups is 1. The number of fused-ring (bicyclic) bond motifs is 7. The molecule has 2 aromatic carbocycles. The molecule has 8 rings (SSSR count). The Morgan fingerprint density at radius 1 is 0.803 bits per heavy atom. The molecule has 414 valence electrons. The summed E-state index contributed by atoms with van der Waals surface area (Å²) in [5.41, 5.74) is 2.31. The van der Waals surface area contributed by atoms with Gasteiger partial charge in [0, 0.05) is 73.6 Å². The van der Waals surface area contributed by atoms with Gasteiger partial charge >= 0.3 is 5.97 Å². The van der Waals surface area contributed by atoms with E-state index in [1.807, 2.05) is 0 Å². The molecule has 2 aromatic rings. The summed E-state index contributed by atoms with van der Waals surface area (Å²) in [6.07, 6.45) is 29.9. The van der Waals surface area contributed by atoms with E-state index >= 15 is 0 Å². The van der Waals surface area contributed by atoms with Gasteiger partial charge < -0.3 is 36.2 Å². The van der Waals surface area contributed by atoms with E-state index in [1.54, 1.807) is 5.57 Å². The minimum atomic E-state index is -1.42. The van der Waals surface area contributed by atoms with Gasteiger partial charge in [-0.15, -0.1) is 0 Å². The van der Waals surface area contributed by atoms with E-state index in [-0.39, 0.29) is 71.5 Å². The Bertz CT molecular complexity index is 2560. The molecule has 6 N–H and O–H groups in total. The molecule has 0 bridgehead atoms. The minimum absolute atomic E-state index is 0.0158. The van der Waals surface area contributed by atoms with Crippen LogP contribution in [-0.2, 0) is 14.4 Å². The number of carbonyl (C=O) groups is 5. The summed E-state index contributed by atoms with van der Waals surface area (Å²) in [5, 5.41) is 32.3. The molecular weight excluding hydrogens is 967 g/mol. The summed E-state index contributed by atoms with van der Waals surface area (Å²) in [6.45, 7) is 11.6. The van der Waals surface area contributed by atoms with Crippen LogP contribution in [0.25, 0.3) is 0 Å². The van der Waals surface area contributed by atoms with Crippen molar-refractivity contribution in [1.29, 1.82) is 0 Å². The number of aromatic carboxylic acids is 1. The number of halogens is 2. The van der Waals surface area contributed by atoms with Gasteiger partial charge in [0.2, 0.25) is 17.6 Å². The first-order valence-corrected chi connectivity index (χ1v) is 29.0. The maximum absolute atomic E-state index is 14.7. The lowest BCUT2D eigenvalue weighted by Gasteiger charge is -2.58. The number of amides is 3. The Morgan fingerprint density at radius 2 is 1.51 bits per heavy atom. The van der Waals surface area contributed by atoms with E-state index in [0.29, 0.717) is 23.4 Å². The van der Waals surface area contributed by atoms with Gasteiger partial charge in [-0.25, -0.2) is 13.6 Å². The lowest BCUT2D eigenvalue weighted by atomic mass is 9.47. The van der Waals surface area contributed by atoms with Gasteiger partial charge in [0.15, 0.2) is 17.4 Å². The van der Waals surface area contributed by atoms with Gasteiger partial charge in [0.1, 0.15) is 11.5 Å². The Kier molecular flexibility index (Phi) is 19.0. The van der Waals surface area contributed by atoms with Crippen molar-refractivity contribution in [2.75, 3.05) is 26.2 Å². The molecule has 5 aliphatic carbocycles. The zero-order valence-corrected chi connectivity index (χ0v) is 45.5. The second-order valence-electron chi connectivity index (χ2n) is 23.8. The molecular formula is C62H84F2N4O8. The smallest absolute Gasteiger partial charge is 0.336 e. The molecule has 0 spiro atoms. The highest BCUT2D eigenvalue weighted by molar-refractivity contribution is 6.04. The van der Waals surface area contributed by atoms with Crippen molar-refractivity contribution >= 4 is 29.5 Å². The predicted octanol–water partition coefficient (Wildman–Crippen LogP) is 11.9. The zero-order valence-electron chi connectivity index (χ0n) is 45.5. The quantitative estimate of drug-likeness (QED) is 0.0416. The highest BCUT2D eigenvalue weighted by atomic mass is 19.1. The molecule has 0 saturated heterocycles. The van der Waals surface area contributed by atoms with Crippen molar-refractivity contribution in [2.24, 2.45) is 46.3 Å². The third kappa shape index (κ3) is 12.8. The van der Waals surface area contributed by atoms with E-state index < -0.39 is 46.9 Å². The largest absolute Gasteiger partial charge is 0.505 e. The Balaban J connectivity index is 0.711. The van der Waals surface area contributed by atoms with Gasteiger partial charge in [-0.3, -0.25) is 19.2 Å². The number of carbonyl (C=O) groups excluding carboxylic acids is 4. The average molecular weight is 1050 g/mol. The van der Waals surface area contributed by atoms with Crippen molar-refractivity contribution < 1.29 is 47.7 Å². The van der Waals surface area contributed by atoms with Crippen LogP contribution in [0.5, 0.6) is 11.5 Å². The number of nitrogens with one attached hydrogen (secondary N) is 4. The van der Waals surface area contributed by atoms with Crippen molar-refractivity contribution in [3.63, 3.8) is 0 Å². The number of carboxylic acids is 1. The highest BCUT2D eigenvalue weighted by Crippen LogP contribution is 2.67. The Morgan fingerprint density at radius 3 is 2.25 bits per heavy atom. The fourth-order valence-electron chi connectivity index (χ4n) is 15.0. The monoisotopic (exact) mass is 1050 g/mol. The summed E-state index contributed by atoms with van der Waals surface area (Å²) < 4.78 is 35.0. The third-order valence-corrected chi connectivity index (χ3v) is 19.1. The van der Waals surface area contributed by atoms with Crippen LogP contribution in [-0.4, -0.2) is 71.9 Å². The number of phenols is 1. The van der Waals surface area contributed by atoms with E-state index in [4.69, 9.17) is 4.74 Å². The van der Waals surface area contributed by atoms with Crippen LogP contribution in [0.1, 0.15) is 200 Å². The second-order valence-corrected chi connectivity index (χ2v) is 23.8. The van der Waals surface area contributed by atoms with Gasteiger partial charge in [0.05, 0.1) is 5.56 Å². The highest BCUT2D eigenvalue weighted by Gasteiger charge is 2.59. The van der Waals surface area contributed by atoms with Crippen molar-refractivity contribution in [2.45, 2.75) is 174 Å². The molecule has 0 aromatic heterocycles. The third-order valence-electron chi connectivity index (χ3n) is 19.1. The standard InChI is InChI=1S/C62H84F2N4O8/c1-5-6-7-8-9-10-11-12-13-15-38(2)47-20-21-48-43-19-17-40-33-41(22-26-61(40,3)49(43)23-27-62(47,48)4)65-28-14-29-66-56(71)24-30-67-57(72)25-31-68-59(73)39-16-18-42(44(32-39)60(74)75)58-45-34-50(63)52(69)36-54(45)76-55-37-53(70)51(64)35-46(55)58/h16-18,32,34-38,41,43,45,47-49,58,65,70H,5-15,19-31,33H2,1-4H3,(H,66,71)(H,67,72)(H,68,73)(H,74,75)/t38?,41-,43-,45?,47?,48?,49?,58?,61?,62?/m0/s1. The van der Waals surface area contributed by atoms with Gasteiger partial charge in [0.25, 0.3) is 5.91 Å². The van der Waals surface area contributed by atoms with Crippen LogP contribution in [0.15, 0.2) is 65.7 Å². The summed E-state index contributed by atoms with van der Waals surface area (Å²) >= 11 is 0.